The van der Waals surface area contributed by atoms with E-state index in [1.54, 1.807) is 48.5 Å². The number of nitrogens with zero attached hydrogens (tertiary/aromatic N) is 1. The number of carbonyl (C=O) groups excluding carboxylic acids is 2. The number of rotatable bonds is 8. The summed E-state index contributed by atoms with van der Waals surface area (Å²) in [4.78, 5) is 27.8. The zero-order chi connectivity index (χ0) is 24.1. The number of benzene rings is 3. The van der Waals surface area contributed by atoms with Crippen LogP contribution in [-0.4, -0.2) is 34.8 Å². The van der Waals surface area contributed by atoms with E-state index in [-0.39, 0.29) is 11.3 Å². The highest BCUT2D eigenvalue weighted by molar-refractivity contribution is 6.46. The molecule has 5 nitrogen and oxygen atoms in total. The summed E-state index contributed by atoms with van der Waals surface area (Å²) in [6, 6.07) is 22.7. The summed E-state index contributed by atoms with van der Waals surface area (Å²) in [5.74, 6) is -1.02. The molecule has 0 aromatic heterocycles. The molecule has 3 aromatic rings. The van der Waals surface area contributed by atoms with Gasteiger partial charge in [-0.25, -0.2) is 0 Å². The molecule has 0 aliphatic carbocycles. The van der Waals surface area contributed by atoms with Gasteiger partial charge in [0.2, 0.25) is 0 Å². The summed E-state index contributed by atoms with van der Waals surface area (Å²) in [5, 5.41) is 11.6. The Hall–Kier alpha value is -3.83. The maximum absolute atomic E-state index is 13.2. The number of likely N-dealkylation sites (tertiary alicyclic amines) is 1. The van der Waals surface area contributed by atoms with Gasteiger partial charge >= 0.3 is 0 Å². The van der Waals surface area contributed by atoms with Crippen LogP contribution in [0.3, 0.4) is 0 Å². The van der Waals surface area contributed by atoms with E-state index in [4.69, 9.17) is 16.3 Å². The van der Waals surface area contributed by atoms with Crippen molar-refractivity contribution in [3.8, 4) is 5.75 Å². The molecule has 1 unspecified atom stereocenters. The lowest BCUT2D eigenvalue weighted by Crippen LogP contribution is -2.31. The van der Waals surface area contributed by atoms with Crippen molar-refractivity contribution in [3.63, 3.8) is 0 Å². The Morgan fingerprint density at radius 1 is 1.03 bits per heavy atom. The Labute approximate surface area is 203 Å². The van der Waals surface area contributed by atoms with Gasteiger partial charge in [-0.05, 0) is 53.9 Å². The molecule has 0 bridgehead atoms. The second-order valence-electron chi connectivity index (χ2n) is 7.91. The van der Waals surface area contributed by atoms with Crippen LogP contribution in [0.5, 0.6) is 5.75 Å². The van der Waals surface area contributed by atoms with Gasteiger partial charge in [0, 0.05) is 17.1 Å². The van der Waals surface area contributed by atoms with Gasteiger partial charge in [0.15, 0.2) is 0 Å². The summed E-state index contributed by atoms with van der Waals surface area (Å²) in [7, 11) is 0. The molecule has 1 amide bonds. The van der Waals surface area contributed by atoms with E-state index < -0.39 is 17.7 Å². The van der Waals surface area contributed by atoms with Gasteiger partial charge in [0.1, 0.15) is 18.1 Å². The van der Waals surface area contributed by atoms with Crippen LogP contribution in [0.1, 0.15) is 22.7 Å². The molecule has 1 fully saturated rings. The number of aliphatic hydroxyl groups excluding tert-OH is 1. The quantitative estimate of drug-likeness (QED) is 0.201. The maximum atomic E-state index is 13.2. The number of halogens is 1. The first-order valence-electron chi connectivity index (χ1n) is 10.9. The molecule has 0 radical (unpaired) electrons. The fourth-order valence-electron chi connectivity index (χ4n) is 4.04. The molecule has 3 aromatic carbocycles. The number of amides is 1. The highest BCUT2D eigenvalue weighted by atomic mass is 35.5. The molecule has 1 aliphatic rings. The fraction of sp³-hybridized carbons (Fsp3) is 0.143. The van der Waals surface area contributed by atoms with E-state index in [1.165, 1.54) is 4.90 Å². The van der Waals surface area contributed by atoms with E-state index in [9.17, 15) is 14.7 Å². The molecule has 1 N–H and O–H groups in total. The normalized spacial score (nSPS) is 17.1. The van der Waals surface area contributed by atoms with Crippen molar-refractivity contribution in [1.29, 1.82) is 0 Å². The SMILES string of the molecule is C=CCOc1cccc(C2C(=C(O)c3ccc(Cl)cc3)C(=O)C(=O)N2CCc2ccccc2)c1. The number of carbonyl (C=O) groups is 2. The van der Waals surface area contributed by atoms with E-state index in [0.717, 1.165) is 5.56 Å². The third-order valence-electron chi connectivity index (χ3n) is 5.68. The number of ketones is 1. The first-order valence-corrected chi connectivity index (χ1v) is 11.3. The number of Topliss-reactive ketones (excluding diaryl/α,β-unsaturated/α-hetero) is 1. The predicted octanol–water partition coefficient (Wildman–Crippen LogP) is 5.57. The van der Waals surface area contributed by atoms with Crippen LogP contribution in [0.15, 0.2) is 97.1 Å². The Morgan fingerprint density at radius 2 is 1.76 bits per heavy atom. The average molecular weight is 474 g/mol. The van der Waals surface area contributed by atoms with Gasteiger partial charge in [0.25, 0.3) is 11.7 Å². The van der Waals surface area contributed by atoms with Gasteiger partial charge in [-0.1, -0.05) is 66.7 Å². The third-order valence-corrected chi connectivity index (χ3v) is 5.94. The summed E-state index contributed by atoms with van der Waals surface area (Å²) < 4.78 is 5.67. The second-order valence-corrected chi connectivity index (χ2v) is 8.34. The number of hydrogen-bond acceptors (Lipinski definition) is 4. The Bertz CT molecular complexity index is 1230. The molecular weight excluding hydrogens is 450 g/mol. The highest BCUT2D eigenvalue weighted by Gasteiger charge is 2.45. The second kappa shape index (κ2) is 10.4. The van der Waals surface area contributed by atoms with Gasteiger partial charge in [-0.3, -0.25) is 9.59 Å². The van der Waals surface area contributed by atoms with Gasteiger partial charge in [-0.15, -0.1) is 0 Å². The lowest BCUT2D eigenvalue weighted by molar-refractivity contribution is -0.139. The average Bonchev–Trinajstić information content (AvgIpc) is 3.12. The first-order chi connectivity index (χ1) is 16.5. The van der Waals surface area contributed by atoms with Gasteiger partial charge < -0.3 is 14.7 Å². The predicted molar refractivity (Wildman–Crippen MR) is 133 cm³/mol. The molecule has 6 heteroatoms. The van der Waals surface area contributed by atoms with Gasteiger partial charge in [-0.2, -0.15) is 0 Å². The van der Waals surface area contributed by atoms with Gasteiger partial charge in [0.05, 0.1) is 11.6 Å². The molecule has 1 aliphatic heterocycles. The minimum Gasteiger partial charge on any atom is -0.507 e. The van der Waals surface area contributed by atoms with E-state index >= 15 is 0 Å². The van der Waals surface area contributed by atoms with E-state index in [0.29, 0.717) is 41.5 Å². The lowest BCUT2D eigenvalue weighted by atomic mass is 9.95. The Morgan fingerprint density at radius 3 is 2.47 bits per heavy atom. The van der Waals surface area contributed by atoms with Crippen molar-refractivity contribution in [3.05, 3.63) is 119 Å². The summed E-state index contributed by atoms with van der Waals surface area (Å²) in [6.07, 6.45) is 2.21. The van der Waals surface area contributed by atoms with Crippen molar-refractivity contribution >= 4 is 29.1 Å². The molecule has 172 valence electrons. The first kappa shape index (κ1) is 23.3. The van der Waals surface area contributed by atoms with Crippen molar-refractivity contribution in [2.45, 2.75) is 12.5 Å². The number of ether oxygens (including phenoxy) is 1. The van der Waals surface area contributed by atoms with Crippen LogP contribution in [0, 0.1) is 0 Å². The zero-order valence-electron chi connectivity index (χ0n) is 18.5. The van der Waals surface area contributed by atoms with Crippen molar-refractivity contribution in [2.75, 3.05) is 13.2 Å². The Kier molecular flexibility index (Phi) is 7.14. The fourth-order valence-corrected chi connectivity index (χ4v) is 4.17. The van der Waals surface area contributed by atoms with Crippen LogP contribution < -0.4 is 4.74 Å². The molecule has 0 spiro atoms. The summed E-state index contributed by atoms with van der Waals surface area (Å²) in [5.41, 5.74) is 2.17. The molecule has 1 heterocycles. The lowest BCUT2D eigenvalue weighted by Gasteiger charge is -2.25. The molecule has 34 heavy (non-hydrogen) atoms. The molecular formula is C28H24ClNO4. The summed E-state index contributed by atoms with van der Waals surface area (Å²) >= 11 is 5.99. The number of aliphatic hydroxyl groups is 1. The zero-order valence-corrected chi connectivity index (χ0v) is 19.2. The highest BCUT2D eigenvalue weighted by Crippen LogP contribution is 2.40. The van der Waals surface area contributed by atoms with Crippen molar-refractivity contribution < 1.29 is 19.4 Å². The molecule has 1 saturated heterocycles. The number of hydrogen-bond donors (Lipinski definition) is 1. The summed E-state index contributed by atoms with van der Waals surface area (Å²) in [6.45, 7) is 4.30. The van der Waals surface area contributed by atoms with Crippen LogP contribution in [0.2, 0.25) is 5.02 Å². The minimum absolute atomic E-state index is 0.0428. The topological polar surface area (TPSA) is 66.8 Å². The third kappa shape index (κ3) is 4.90. The van der Waals surface area contributed by atoms with Crippen LogP contribution in [0.25, 0.3) is 5.76 Å². The Balaban J connectivity index is 1.78. The van der Waals surface area contributed by atoms with Crippen LogP contribution >= 0.6 is 11.6 Å². The van der Waals surface area contributed by atoms with E-state index in [2.05, 4.69) is 6.58 Å². The molecule has 4 rings (SSSR count). The molecule has 0 saturated carbocycles. The van der Waals surface area contributed by atoms with E-state index in [1.807, 2.05) is 36.4 Å². The maximum Gasteiger partial charge on any atom is 0.295 e. The monoisotopic (exact) mass is 473 g/mol. The largest absolute Gasteiger partial charge is 0.507 e. The smallest absolute Gasteiger partial charge is 0.295 e. The molecule has 1 atom stereocenters. The van der Waals surface area contributed by atoms with Crippen molar-refractivity contribution in [2.24, 2.45) is 0 Å². The van der Waals surface area contributed by atoms with Crippen molar-refractivity contribution in [1.82, 2.24) is 4.90 Å². The minimum atomic E-state index is -0.758. The van der Waals surface area contributed by atoms with Crippen LogP contribution in [0.4, 0.5) is 0 Å². The van der Waals surface area contributed by atoms with Crippen LogP contribution in [-0.2, 0) is 16.0 Å². The standard InChI is InChI=1S/C28H24ClNO4/c1-2-17-34-23-10-6-9-21(18-23)25-24(26(31)20-11-13-22(29)14-12-20)27(32)28(33)30(25)16-15-19-7-4-3-5-8-19/h2-14,18,25,31H,1,15-17H2.